The number of aromatic nitrogens is 1. The number of nitrogens with zero attached hydrogens (tertiary/aromatic N) is 1. The summed E-state index contributed by atoms with van der Waals surface area (Å²) in [5, 5.41) is 4.94. The number of fused-ring (bicyclic) bond motifs is 1. The average molecular weight is 272 g/mol. The van der Waals surface area contributed by atoms with E-state index >= 15 is 0 Å². The van der Waals surface area contributed by atoms with Crippen molar-refractivity contribution in [2.45, 2.75) is 59.0 Å². The molecule has 0 aliphatic rings. The molecule has 2 aromatic rings. The van der Waals surface area contributed by atoms with Gasteiger partial charge in [-0.05, 0) is 31.0 Å². The summed E-state index contributed by atoms with van der Waals surface area (Å²) in [5.74, 6) is 0. The molecular weight excluding hydrogens is 244 g/mol. The van der Waals surface area contributed by atoms with Crippen LogP contribution in [0.25, 0.3) is 10.9 Å². The molecule has 0 spiro atoms. The molecule has 0 aliphatic heterocycles. The van der Waals surface area contributed by atoms with Crippen LogP contribution >= 0.6 is 0 Å². The molecule has 0 fully saturated rings. The molecule has 0 aliphatic carbocycles. The van der Waals surface area contributed by atoms with E-state index in [0.717, 1.165) is 19.5 Å². The van der Waals surface area contributed by atoms with Gasteiger partial charge in [0, 0.05) is 29.7 Å². The standard InChI is InChI=1S/C18H28N2/c1-4-5-8-13-20-14-16(11-12-19-15(2)3)17-9-6-7-10-18(17)20/h6-7,9-10,14-15,19H,4-5,8,11-13H2,1-3H3. The van der Waals surface area contributed by atoms with Crippen molar-refractivity contribution in [1.29, 1.82) is 0 Å². The van der Waals surface area contributed by atoms with Gasteiger partial charge in [0.1, 0.15) is 0 Å². The Bertz CT molecular complexity index is 525. The summed E-state index contributed by atoms with van der Waals surface area (Å²) in [4.78, 5) is 0. The smallest absolute Gasteiger partial charge is 0.0483 e. The molecule has 1 aromatic carbocycles. The molecule has 0 atom stereocenters. The van der Waals surface area contributed by atoms with Crippen molar-refractivity contribution in [1.82, 2.24) is 9.88 Å². The Kier molecular flexibility index (Phi) is 5.66. The minimum absolute atomic E-state index is 0.563. The summed E-state index contributed by atoms with van der Waals surface area (Å²) < 4.78 is 2.44. The first kappa shape index (κ1) is 15.1. The second-order valence-corrected chi connectivity index (χ2v) is 5.93. The molecule has 110 valence electrons. The topological polar surface area (TPSA) is 17.0 Å². The number of para-hydroxylation sites is 1. The number of unbranched alkanes of at least 4 members (excludes halogenated alkanes) is 2. The van der Waals surface area contributed by atoms with Crippen LogP contribution in [0, 0.1) is 0 Å². The highest BCUT2D eigenvalue weighted by Gasteiger charge is 2.07. The maximum atomic E-state index is 3.51. The van der Waals surface area contributed by atoms with E-state index in [9.17, 15) is 0 Å². The van der Waals surface area contributed by atoms with E-state index < -0.39 is 0 Å². The molecule has 0 unspecified atom stereocenters. The van der Waals surface area contributed by atoms with Crippen molar-refractivity contribution in [2.24, 2.45) is 0 Å². The van der Waals surface area contributed by atoms with Crippen LogP contribution in [0.4, 0.5) is 0 Å². The minimum Gasteiger partial charge on any atom is -0.347 e. The first-order valence-corrected chi connectivity index (χ1v) is 8.02. The lowest BCUT2D eigenvalue weighted by Crippen LogP contribution is -2.24. The SMILES string of the molecule is CCCCCn1cc(CCNC(C)C)c2ccccc21. The van der Waals surface area contributed by atoms with Gasteiger partial charge >= 0.3 is 0 Å². The molecule has 2 nitrogen and oxygen atoms in total. The minimum atomic E-state index is 0.563. The Labute approximate surface area is 123 Å². The fourth-order valence-corrected chi connectivity index (χ4v) is 2.73. The number of benzene rings is 1. The van der Waals surface area contributed by atoms with Crippen molar-refractivity contribution < 1.29 is 0 Å². The van der Waals surface area contributed by atoms with Gasteiger partial charge in [0.15, 0.2) is 0 Å². The molecule has 1 N–H and O–H groups in total. The van der Waals surface area contributed by atoms with Crippen molar-refractivity contribution in [3.8, 4) is 0 Å². The van der Waals surface area contributed by atoms with E-state index in [1.54, 1.807) is 0 Å². The van der Waals surface area contributed by atoms with Gasteiger partial charge in [-0.25, -0.2) is 0 Å². The van der Waals surface area contributed by atoms with E-state index in [1.165, 1.54) is 35.7 Å². The highest BCUT2D eigenvalue weighted by atomic mass is 15.0. The fourth-order valence-electron chi connectivity index (χ4n) is 2.73. The quantitative estimate of drug-likeness (QED) is 0.706. The van der Waals surface area contributed by atoms with Crippen molar-refractivity contribution in [3.63, 3.8) is 0 Å². The summed E-state index contributed by atoms with van der Waals surface area (Å²) in [6.07, 6.45) is 7.35. The lowest BCUT2D eigenvalue weighted by molar-refractivity contribution is 0.588. The first-order chi connectivity index (χ1) is 9.72. The molecule has 0 amide bonds. The molecule has 0 saturated heterocycles. The third-order valence-corrected chi connectivity index (χ3v) is 3.82. The summed E-state index contributed by atoms with van der Waals surface area (Å²) >= 11 is 0. The van der Waals surface area contributed by atoms with Gasteiger partial charge in [0.25, 0.3) is 0 Å². The number of nitrogens with one attached hydrogen (secondary N) is 1. The maximum Gasteiger partial charge on any atom is 0.0483 e. The van der Waals surface area contributed by atoms with Crippen molar-refractivity contribution >= 4 is 10.9 Å². The molecule has 2 rings (SSSR count). The third-order valence-electron chi connectivity index (χ3n) is 3.82. The van der Waals surface area contributed by atoms with E-state index in [-0.39, 0.29) is 0 Å². The summed E-state index contributed by atoms with van der Waals surface area (Å²) in [6, 6.07) is 9.37. The predicted molar refractivity (Wildman–Crippen MR) is 88.3 cm³/mol. The number of rotatable bonds is 8. The summed E-state index contributed by atoms with van der Waals surface area (Å²) in [7, 11) is 0. The van der Waals surface area contributed by atoms with Crippen molar-refractivity contribution in [2.75, 3.05) is 6.54 Å². The Balaban J connectivity index is 2.13. The van der Waals surface area contributed by atoms with E-state index in [4.69, 9.17) is 0 Å². The maximum absolute atomic E-state index is 3.51. The Hall–Kier alpha value is -1.28. The van der Waals surface area contributed by atoms with Gasteiger partial charge in [-0.1, -0.05) is 51.8 Å². The monoisotopic (exact) mass is 272 g/mol. The molecule has 0 bridgehead atoms. The van der Waals surface area contributed by atoms with Gasteiger partial charge in [-0.15, -0.1) is 0 Å². The first-order valence-electron chi connectivity index (χ1n) is 8.02. The number of aryl methyl sites for hydroxylation is 1. The van der Waals surface area contributed by atoms with Gasteiger partial charge in [0.05, 0.1) is 0 Å². The van der Waals surface area contributed by atoms with Crippen LogP contribution in [0.5, 0.6) is 0 Å². The predicted octanol–water partition coefficient (Wildman–Crippen LogP) is 4.37. The van der Waals surface area contributed by atoms with Gasteiger partial charge < -0.3 is 9.88 Å². The molecule has 0 saturated carbocycles. The van der Waals surface area contributed by atoms with Crippen LogP contribution in [0.2, 0.25) is 0 Å². The highest BCUT2D eigenvalue weighted by molar-refractivity contribution is 5.84. The van der Waals surface area contributed by atoms with Crippen molar-refractivity contribution in [3.05, 3.63) is 36.0 Å². The van der Waals surface area contributed by atoms with Gasteiger partial charge in [-0.2, -0.15) is 0 Å². The van der Waals surface area contributed by atoms with E-state index in [1.807, 2.05) is 0 Å². The molecule has 1 aromatic heterocycles. The second-order valence-electron chi connectivity index (χ2n) is 5.93. The highest BCUT2D eigenvalue weighted by Crippen LogP contribution is 2.22. The molecular formula is C18H28N2. The van der Waals surface area contributed by atoms with Crippen LogP contribution in [-0.2, 0) is 13.0 Å². The fraction of sp³-hybridized carbons (Fsp3) is 0.556. The average Bonchev–Trinajstić information content (AvgIpc) is 2.78. The van der Waals surface area contributed by atoms with E-state index in [0.29, 0.717) is 6.04 Å². The Morgan fingerprint density at radius 2 is 1.95 bits per heavy atom. The molecule has 1 heterocycles. The van der Waals surface area contributed by atoms with E-state index in [2.05, 4.69) is 61.1 Å². The number of hydrogen-bond acceptors (Lipinski definition) is 1. The third kappa shape index (κ3) is 3.86. The zero-order valence-corrected chi connectivity index (χ0v) is 13.2. The zero-order chi connectivity index (χ0) is 14.4. The largest absolute Gasteiger partial charge is 0.347 e. The molecule has 20 heavy (non-hydrogen) atoms. The lowest BCUT2D eigenvalue weighted by Gasteiger charge is -2.06. The zero-order valence-electron chi connectivity index (χ0n) is 13.2. The number of hydrogen-bond donors (Lipinski definition) is 1. The summed E-state index contributed by atoms with van der Waals surface area (Å²) in [5.41, 5.74) is 2.87. The second kappa shape index (κ2) is 7.49. The van der Waals surface area contributed by atoms with Crippen LogP contribution in [0.1, 0.15) is 45.6 Å². The Morgan fingerprint density at radius 1 is 1.15 bits per heavy atom. The van der Waals surface area contributed by atoms with Gasteiger partial charge in [0.2, 0.25) is 0 Å². The van der Waals surface area contributed by atoms with Crippen LogP contribution in [0.3, 0.4) is 0 Å². The normalized spacial score (nSPS) is 11.6. The van der Waals surface area contributed by atoms with Gasteiger partial charge in [-0.3, -0.25) is 0 Å². The Morgan fingerprint density at radius 3 is 2.70 bits per heavy atom. The van der Waals surface area contributed by atoms with Crippen LogP contribution in [-0.4, -0.2) is 17.2 Å². The van der Waals surface area contributed by atoms with Crippen LogP contribution in [0.15, 0.2) is 30.5 Å². The van der Waals surface area contributed by atoms with Crippen LogP contribution < -0.4 is 5.32 Å². The molecule has 0 radical (unpaired) electrons. The lowest BCUT2D eigenvalue weighted by atomic mass is 10.1. The summed E-state index contributed by atoms with van der Waals surface area (Å²) in [6.45, 7) is 8.87. The molecule has 2 heteroatoms.